The molecular weight excluding hydrogens is 458 g/mol. The number of carbonyl (C=O) groups excluding carboxylic acids is 1. The predicted molar refractivity (Wildman–Crippen MR) is 137 cm³/mol. The molecule has 1 aliphatic rings. The van der Waals surface area contributed by atoms with Crippen LogP contribution >= 0.6 is 0 Å². The first-order chi connectivity index (χ1) is 17.2. The molecule has 0 N–H and O–H groups in total. The highest BCUT2D eigenvalue weighted by Gasteiger charge is 2.49. The van der Waals surface area contributed by atoms with Crippen molar-refractivity contribution in [1.82, 2.24) is 4.57 Å². The van der Waals surface area contributed by atoms with E-state index in [4.69, 9.17) is 18.9 Å². The highest BCUT2D eigenvalue weighted by Crippen LogP contribution is 2.49. The second-order valence-corrected chi connectivity index (χ2v) is 9.57. The lowest BCUT2D eigenvalue weighted by molar-refractivity contribution is -0.183. The van der Waals surface area contributed by atoms with Crippen molar-refractivity contribution in [3.63, 3.8) is 0 Å². The third-order valence-electron chi connectivity index (χ3n) is 6.74. The van der Waals surface area contributed by atoms with Gasteiger partial charge in [0.25, 0.3) is 0 Å². The first-order valence-corrected chi connectivity index (χ1v) is 11.9. The summed E-state index contributed by atoms with van der Waals surface area (Å²) in [5.41, 5.74) is 1.96. The standard InChI is InChI=1S/C29H29NO6/c1-17(31)35-28-27(34-16-18-11-7-6-8-12-18)24-22(36-29(28,2)3)15-21(33-5)23-25(24)30(4)20-14-10-9-13-19(20)26(23)32/h6-15,27-28H,16H2,1-5H3/t27-,28+/m0/s1. The minimum Gasteiger partial charge on any atom is -0.496 e. The fourth-order valence-electron chi connectivity index (χ4n) is 5.11. The van der Waals surface area contributed by atoms with Gasteiger partial charge >= 0.3 is 5.97 Å². The SMILES string of the molecule is COc1cc2c(c3c1c(=O)c1ccccc1n3C)[C@H](OCc1ccccc1)[C@@H](OC(C)=O)C(C)(C)O2. The average molecular weight is 488 g/mol. The van der Waals surface area contributed by atoms with Crippen molar-refractivity contribution in [2.24, 2.45) is 7.05 Å². The largest absolute Gasteiger partial charge is 0.496 e. The molecule has 0 spiro atoms. The fourth-order valence-corrected chi connectivity index (χ4v) is 5.11. The minimum absolute atomic E-state index is 0.144. The van der Waals surface area contributed by atoms with E-state index >= 15 is 0 Å². The Bertz CT molecular complexity index is 1520. The van der Waals surface area contributed by atoms with Crippen molar-refractivity contribution in [1.29, 1.82) is 0 Å². The third-order valence-corrected chi connectivity index (χ3v) is 6.74. The van der Waals surface area contributed by atoms with E-state index in [1.165, 1.54) is 14.0 Å². The van der Waals surface area contributed by atoms with Gasteiger partial charge in [-0.05, 0) is 31.5 Å². The van der Waals surface area contributed by atoms with Gasteiger partial charge in [0.2, 0.25) is 5.43 Å². The molecule has 0 saturated heterocycles. The minimum atomic E-state index is -0.908. The van der Waals surface area contributed by atoms with Crippen molar-refractivity contribution in [3.8, 4) is 11.5 Å². The summed E-state index contributed by atoms with van der Waals surface area (Å²) in [6, 6.07) is 19.0. The normalized spacial score (nSPS) is 18.5. The maximum Gasteiger partial charge on any atom is 0.303 e. The number of rotatable bonds is 5. The highest BCUT2D eigenvalue weighted by atomic mass is 16.6. The van der Waals surface area contributed by atoms with Crippen molar-refractivity contribution in [3.05, 3.63) is 82.0 Å². The van der Waals surface area contributed by atoms with Gasteiger partial charge in [0.05, 0.1) is 35.7 Å². The Kier molecular flexibility index (Phi) is 5.96. The third kappa shape index (κ3) is 3.89. The van der Waals surface area contributed by atoms with E-state index in [9.17, 15) is 9.59 Å². The second-order valence-electron chi connectivity index (χ2n) is 9.57. The van der Waals surface area contributed by atoms with E-state index < -0.39 is 23.8 Å². The Labute approximate surface area is 209 Å². The highest BCUT2D eigenvalue weighted by molar-refractivity contribution is 5.99. The van der Waals surface area contributed by atoms with E-state index in [0.29, 0.717) is 33.4 Å². The molecule has 2 atom stereocenters. The number of hydrogen-bond donors (Lipinski definition) is 0. The van der Waals surface area contributed by atoms with E-state index in [1.807, 2.05) is 74.0 Å². The maximum atomic E-state index is 13.7. The number of nitrogens with zero attached hydrogens (tertiary/aromatic N) is 1. The van der Waals surface area contributed by atoms with Gasteiger partial charge in [0.15, 0.2) is 6.10 Å². The smallest absolute Gasteiger partial charge is 0.303 e. The molecule has 0 fully saturated rings. The van der Waals surface area contributed by atoms with Gasteiger partial charge in [0, 0.05) is 25.4 Å². The lowest BCUT2D eigenvalue weighted by Crippen LogP contribution is -2.51. The molecule has 1 aromatic heterocycles. The van der Waals surface area contributed by atoms with Crippen LogP contribution in [0.25, 0.3) is 21.8 Å². The van der Waals surface area contributed by atoms with E-state index in [1.54, 1.807) is 12.1 Å². The van der Waals surface area contributed by atoms with E-state index in [-0.39, 0.29) is 12.0 Å². The van der Waals surface area contributed by atoms with Crippen LogP contribution in [-0.2, 0) is 27.9 Å². The molecule has 0 bridgehead atoms. The molecule has 1 aliphatic heterocycles. The number of ether oxygens (including phenoxy) is 4. The predicted octanol–water partition coefficient (Wildman–Crippen LogP) is 5.06. The molecule has 36 heavy (non-hydrogen) atoms. The zero-order valence-corrected chi connectivity index (χ0v) is 21.0. The van der Waals surface area contributed by atoms with Gasteiger partial charge in [-0.2, -0.15) is 0 Å². The molecular formula is C29H29NO6. The fraction of sp³-hybridized carbons (Fsp3) is 0.310. The molecule has 0 amide bonds. The van der Waals surface area contributed by atoms with Crippen molar-refractivity contribution >= 4 is 27.8 Å². The lowest BCUT2D eigenvalue weighted by atomic mass is 9.86. The van der Waals surface area contributed by atoms with Crippen molar-refractivity contribution in [2.75, 3.05) is 7.11 Å². The summed E-state index contributed by atoms with van der Waals surface area (Å²) in [6.07, 6.45) is -1.46. The van der Waals surface area contributed by atoms with Gasteiger partial charge in [-0.25, -0.2) is 0 Å². The number of para-hydroxylation sites is 1. The average Bonchev–Trinajstić information content (AvgIpc) is 2.86. The number of methoxy groups -OCH3 is 1. The van der Waals surface area contributed by atoms with Crippen LogP contribution in [0.4, 0.5) is 0 Å². The van der Waals surface area contributed by atoms with Crippen LogP contribution in [0.5, 0.6) is 11.5 Å². The Morgan fingerprint density at radius 2 is 1.78 bits per heavy atom. The zero-order valence-electron chi connectivity index (χ0n) is 21.0. The first-order valence-electron chi connectivity index (χ1n) is 11.9. The Hall–Kier alpha value is -3.84. The number of aryl methyl sites for hydroxylation is 1. The van der Waals surface area contributed by atoms with Gasteiger partial charge < -0.3 is 23.5 Å². The summed E-state index contributed by atoms with van der Waals surface area (Å²) in [6.45, 7) is 5.38. The van der Waals surface area contributed by atoms with Crippen LogP contribution in [-0.4, -0.2) is 29.4 Å². The number of aromatic nitrogens is 1. The lowest BCUT2D eigenvalue weighted by Gasteiger charge is -2.44. The van der Waals surface area contributed by atoms with Crippen LogP contribution < -0.4 is 14.9 Å². The van der Waals surface area contributed by atoms with Crippen LogP contribution in [0.15, 0.2) is 65.5 Å². The number of pyridine rings is 1. The van der Waals surface area contributed by atoms with E-state index in [0.717, 1.165) is 11.1 Å². The maximum absolute atomic E-state index is 13.7. The summed E-state index contributed by atoms with van der Waals surface area (Å²) < 4.78 is 26.4. The van der Waals surface area contributed by atoms with Crippen LogP contribution in [0.2, 0.25) is 0 Å². The quantitative estimate of drug-likeness (QED) is 0.289. The molecule has 3 aromatic carbocycles. The summed E-state index contributed by atoms with van der Waals surface area (Å²) in [4.78, 5) is 25.9. The first kappa shape index (κ1) is 23.9. The molecule has 0 unspecified atom stereocenters. The van der Waals surface area contributed by atoms with Gasteiger partial charge in [0.1, 0.15) is 23.2 Å². The zero-order chi connectivity index (χ0) is 25.6. The van der Waals surface area contributed by atoms with Crippen LogP contribution in [0, 0.1) is 0 Å². The molecule has 7 nitrogen and oxygen atoms in total. The van der Waals surface area contributed by atoms with Gasteiger partial charge in [-0.1, -0.05) is 42.5 Å². The molecule has 2 heterocycles. The van der Waals surface area contributed by atoms with Crippen molar-refractivity contribution in [2.45, 2.75) is 45.2 Å². The van der Waals surface area contributed by atoms with Crippen molar-refractivity contribution < 1.29 is 23.7 Å². The monoisotopic (exact) mass is 487 g/mol. The number of benzene rings is 3. The molecule has 5 rings (SSSR count). The molecule has 0 saturated carbocycles. The number of carbonyl (C=O) groups is 1. The molecule has 4 aromatic rings. The summed E-state index contributed by atoms with van der Waals surface area (Å²) >= 11 is 0. The molecule has 0 aliphatic carbocycles. The van der Waals surface area contributed by atoms with E-state index in [2.05, 4.69) is 0 Å². The topological polar surface area (TPSA) is 76.0 Å². The van der Waals surface area contributed by atoms with Gasteiger partial charge in [-0.15, -0.1) is 0 Å². The van der Waals surface area contributed by atoms with Crippen LogP contribution in [0.1, 0.15) is 38.0 Å². The second kappa shape index (κ2) is 8.99. The Balaban J connectivity index is 1.83. The Morgan fingerprint density at radius 1 is 1.08 bits per heavy atom. The summed E-state index contributed by atoms with van der Waals surface area (Å²) in [5, 5.41) is 1.01. The van der Waals surface area contributed by atoms with Gasteiger partial charge in [-0.3, -0.25) is 9.59 Å². The number of hydrogen-bond acceptors (Lipinski definition) is 6. The molecule has 186 valence electrons. The molecule has 0 radical (unpaired) electrons. The summed E-state index contributed by atoms with van der Waals surface area (Å²) in [7, 11) is 3.44. The molecule has 7 heteroatoms. The number of fused-ring (bicyclic) bond motifs is 4. The Morgan fingerprint density at radius 3 is 2.47 bits per heavy atom. The summed E-state index contributed by atoms with van der Waals surface area (Å²) in [5.74, 6) is 0.500. The number of esters is 1. The van der Waals surface area contributed by atoms with Crippen LogP contribution in [0.3, 0.4) is 0 Å².